The minimum Gasteiger partial charge on any atom is -0.394 e. The van der Waals surface area contributed by atoms with Crippen molar-refractivity contribution in [3.8, 4) is 0 Å². The normalized spacial score (nSPS) is 28.3. The van der Waals surface area contributed by atoms with Crippen LogP contribution >= 0.6 is 0 Å². The zero-order valence-electron chi connectivity index (χ0n) is 12.5. The second-order valence-electron chi connectivity index (χ2n) is 6.32. The lowest BCUT2D eigenvalue weighted by Gasteiger charge is -2.36. The van der Waals surface area contributed by atoms with Crippen molar-refractivity contribution in [2.75, 3.05) is 13.2 Å². The minimum atomic E-state index is -0.316. The molecule has 3 atom stereocenters. The van der Waals surface area contributed by atoms with Crippen LogP contribution in [0.4, 0.5) is 0 Å². The van der Waals surface area contributed by atoms with Gasteiger partial charge in [-0.2, -0.15) is 0 Å². The first-order valence-corrected chi connectivity index (χ1v) is 7.51. The lowest BCUT2D eigenvalue weighted by atomic mass is 9.84. The van der Waals surface area contributed by atoms with E-state index in [9.17, 15) is 5.11 Å². The second kappa shape index (κ2) is 7.46. The Morgan fingerprint density at radius 2 is 2.00 bits per heavy atom. The fraction of sp³-hybridized carbons (Fsp3) is 1.00. The fourth-order valence-corrected chi connectivity index (χ4v) is 2.98. The number of rotatable bonds is 7. The molecule has 0 aromatic carbocycles. The second-order valence-corrected chi connectivity index (χ2v) is 6.32. The molecule has 0 aliphatic heterocycles. The van der Waals surface area contributed by atoms with E-state index in [1.165, 1.54) is 32.1 Å². The molecule has 0 spiro atoms. The largest absolute Gasteiger partial charge is 0.394 e. The van der Waals surface area contributed by atoms with Gasteiger partial charge >= 0.3 is 0 Å². The molecule has 0 aromatic heterocycles. The predicted octanol–water partition coefficient (Wildman–Crippen LogP) is 2.72. The molecule has 2 N–H and O–H groups in total. The Balaban J connectivity index is 2.45. The highest BCUT2D eigenvalue weighted by Gasteiger charge is 2.29. The summed E-state index contributed by atoms with van der Waals surface area (Å²) >= 11 is 0. The van der Waals surface area contributed by atoms with Gasteiger partial charge in [-0.25, -0.2) is 0 Å². The molecule has 0 amide bonds. The van der Waals surface area contributed by atoms with Crippen LogP contribution in [-0.2, 0) is 4.74 Å². The number of hydrogen-bond acceptors (Lipinski definition) is 3. The van der Waals surface area contributed by atoms with Gasteiger partial charge in [-0.1, -0.05) is 40.0 Å². The van der Waals surface area contributed by atoms with E-state index < -0.39 is 0 Å². The first kappa shape index (κ1) is 15.9. The van der Waals surface area contributed by atoms with Gasteiger partial charge in [0, 0.05) is 6.04 Å². The summed E-state index contributed by atoms with van der Waals surface area (Å²) in [6, 6.07) is 0.360. The summed E-state index contributed by atoms with van der Waals surface area (Å²) in [4.78, 5) is 0. The highest BCUT2D eigenvalue weighted by atomic mass is 16.5. The molecule has 3 unspecified atom stereocenters. The van der Waals surface area contributed by atoms with Gasteiger partial charge in [-0.15, -0.1) is 0 Å². The molecule has 3 heteroatoms. The van der Waals surface area contributed by atoms with Crippen LogP contribution in [0.5, 0.6) is 0 Å². The molecule has 0 bridgehead atoms. The fourth-order valence-electron chi connectivity index (χ4n) is 2.98. The van der Waals surface area contributed by atoms with Crippen molar-refractivity contribution >= 4 is 0 Å². The van der Waals surface area contributed by atoms with E-state index in [4.69, 9.17) is 4.74 Å². The van der Waals surface area contributed by atoms with E-state index in [1.54, 1.807) is 0 Å². The van der Waals surface area contributed by atoms with Gasteiger partial charge in [0.25, 0.3) is 0 Å². The standard InChI is InChI=1S/C15H31NO2/c1-5-13-8-6-7-9-14(13)18-11-15(4,10-17)16-12(2)3/h12-14,16-17H,5-11H2,1-4H3. The van der Waals surface area contributed by atoms with Gasteiger partial charge in [-0.3, -0.25) is 0 Å². The van der Waals surface area contributed by atoms with Gasteiger partial charge in [-0.05, 0) is 25.7 Å². The Hall–Kier alpha value is -0.120. The van der Waals surface area contributed by atoms with Crippen LogP contribution < -0.4 is 5.32 Å². The van der Waals surface area contributed by atoms with Crippen LogP contribution in [0.25, 0.3) is 0 Å². The van der Waals surface area contributed by atoms with Gasteiger partial charge in [0.2, 0.25) is 0 Å². The quantitative estimate of drug-likeness (QED) is 0.737. The molecule has 1 fully saturated rings. The highest BCUT2D eigenvalue weighted by Crippen LogP contribution is 2.29. The molecule has 0 heterocycles. The Bertz CT molecular complexity index is 233. The van der Waals surface area contributed by atoms with Crippen LogP contribution in [0.1, 0.15) is 59.8 Å². The molecule has 1 aliphatic carbocycles. The summed E-state index contributed by atoms with van der Waals surface area (Å²) in [7, 11) is 0. The molecule has 3 nitrogen and oxygen atoms in total. The minimum absolute atomic E-state index is 0.120. The van der Waals surface area contributed by atoms with Crippen molar-refractivity contribution in [2.24, 2.45) is 5.92 Å². The summed E-state index contributed by atoms with van der Waals surface area (Å²) < 4.78 is 6.12. The van der Waals surface area contributed by atoms with E-state index in [0.29, 0.717) is 24.7 Å². The summed E-state index contributed by atoms with van der Waals surface area (Å²) in [5, 5.41) is 12.9. The summed E-state index contributed by atoms with van der Waals surface area (Å²) in [6.45, 7) is 9.21. The Kier molecular flexibility index (Phi) is 6.61. The molecule has 108 valence electrons. The lowest BCUT2D eigenvalue weighted by molar-refractivity contribution is -0.0487. The van der Waals surface area contributed by atoms with Crippen LogP contribution in [0.3, 0.4) is 0 Å². The molecule has 0 saturated heterocycles. The maximum Gasteiger partial charge on any atom is 0.0672 e. The molecular formula is C15H31NO2. The topological polar surface area (TPSA) is 41.5 Å². The third-order valence-electron chi connectivity index (χ3n) is 3.97. The monoisotopic (exact) mass is 257 g/mol. The number of nitrogens with one attached hydrogen (secondary N) is 1. The smallest absolute Gasteiger partial charge is 0.0672 e. The maximum absolute atomic E-state index is 9.54. The average Bonchev–Trinajstić information content (AvgIpc) is 2.36. The number of aliphatic hydroxyl groups excluding tert-OH is 1. The van der Waals surface area contributed by atoms with Crippen LogP contribution in [0.15, 0.2) is 0 Å². The highest BCUT2D eigenvalue weighted by molar-refractivity contribution is 4.85. The molecule has 0 aromatic rings. The van der Waals surface area contributed by atoms with E-state index in [-0.39, 0.29) is 12.1 Å². The Labute approximate surface area is 112 Å². The summed E-state index contributed by atoms with van der Waals surface area (Å²) in [6.07, 6.45) is 6.71. The molecule has 1 aliphatic rings. The van der Waals surface area contributed by atoms with Crippen molar-refractivity contribution in [3.63, 3.8) is 0 Å². The van der Waals surface area contributed by atoms with Gasteiger partial charge in [0.05, 0.1) is 24.9 Å². The van der Waals surface area contributed by atoms with Crippen molar-refractivity contribution in [2.45, 2.75) is 77.5 Å². The molecule has 1 saturated carbocycles. The van der Waals surface area contributed by atoms with Crippen molar-refractivity contribution in [1.29, 1.82) is 0 Å². The van der Waals surface area contributed by atoms with E-state index in [1.807, 2.05) is 6.92 Å². The van der Waals surface area contributed by atoms with E-state index >= 15 is 0 Å². The van der Waals surface area contributed by atoms with E-state index in [2.05, 4.69) is 26.1 Å². The first-order valence-electron chi connectivity index (χ1n) is 7.51. The zero-order valence-corrected chi connectivity index (χ0v) is 12.5. The predicted molar refractivity (Wildman–Crippen MR) is 75.8 cm³/mol. The average molecular weight is 257 g/mol. The van der Waals surface area contributed by atoms with Crippen molar-refractivity contribution in [1.82, 2.24) is 5.32 Å². The third-order valence-corrected chi connectivity index (χ3v) is 3.97. The number of hydrogen-bond donors (Lipinski definition) is 2. The van der Waals surface area contributed by atoms with Crippen LogP contribution in [0, 0.1) is 5.92 Å². The number of aliphatic hydroxyl groups is 1. The summed E-state index contributed by atoms with van der Waals surface area (Å²) in [5.41, 5.74) is -0.316. The number of ether oxygens (including phenoxy) is 1. The molecule has 1 rings (SSSR count). The van der Waals surface area contributed by atoms with Gasteiger partial charge in [0.15, 0.2) is 0 Å². The molecule has 0 radical (unpaired) electrons. The van der Waals surface area contributed by atoms with Crippen LogP contribution in [0.2, 0.25) is 0 Å². The molecule has 18 heavy (non-hydrogen) atoms. The maximum atomic E-state index is 9.54. The van der Waals surface area contributed by atoms with Crippen molar-refractivity contribution < 1.29 is 9.84 Å². The Morgan fingerprint density at radius 1 is 1.33 bits per heavy atom. The first-order chi connectivity index (χ1) is 8.50. The lowest BCUT2D eigenvalue weighted by Crippen LogP contribution is -2.53. The van der Waals surface area contributed by atoms with Crippen LogP contribution in [-0.4, -0.2) is 36.0 Å². The van der Waals surface area contributed by atoms with Crippen molar-refractivity contribution in [3.05, 3.63) is 0 Å². The Morgan fingerprint density at radius 3 is 2.56 bits per heavy atom. The SMILES string of the molecule is CCC1CCCCC1OCC(C)(CO)NC(C)C. The van der Waals surface area contributed by atoms with E-state index in [0.717, 1.165) is 0 Å². The van der Waals surface area contributed by atoms with Gasteiger partial charge < -0.3 is 15.2 Å². The third kappa shape index (κ3) is 4.87. The molecular weight excluding hydrogens is 226 g/mol. The zero-order chi connectivity index (χ0) is 13.6. The van der Waals surface area contributed by atoms with Gasteiger partial charge in [0.1, 0.15) is 0 Å². The summed E-state index contributed by atoms with van der Waals surface area (Å²) in [5.74, 6) is 0.709.